The molecule has 0 aliphatic heterocycles. The molecule has 2 N–H and O–H groups in total. The molecule has 0 unspecified atom stereocenters. The Bertz CT molecular complexity index is 662. The summed E-state index contributed by atoms with van der Waals surface area (Å²) >= 11 is 0. The number of nitrogens with zero attached hydrogens (tertiary/aromatic N) is 1. The Morgan fingerprint density at radius 1 is 0.960 bits per heavy atom. The summed E-state index contributed by atoms with van der Waals surface area (Å²) in [5.74, 6) is -1.32. The Kier molecular flexibility index (Phi) is 7.62. The molecule has 0 fully saturated rings. The van der Waals surface area contributed by atoms with Gasteiger partial charge in [-0.05, 0) is 17.7 Å². The number of carbonyl (C=O) groups excluding carboxylic acids is 2. The number of carbonyl (C=O) groups is 2. The van der Waals surface area contributed by atoms with Gasteiger partial charge in [0.1, 0.15) is 0 Å². The van der Waals surface area contributed by atoms with E-state index in [1.54, 1.807) is 12.1 Å². The third-order valence-corrected chi connectivity index (χ3v) is 3.46. The number of anilines is 1. The quantitative estimate of drug-likeness (QED) is 0.561. The molecule has 0 atom stereocenters. The third kappa shape index (κ3) is 6.02. The van der Waals surface area contributed by atoms with E-state index in [4.69, 9.17) is 9.84 Å². The molecule has 132 valence electrons. The van der Waals surface area contributed by atoms with Crippen LogP contribution in [0, 0.1) is 0 Å². The Morgan fingerprint density at radius 2 is 1.60 bits per heavy atom. The summed E-state index contributed by atoms with van der Waals surface area (Å²) in [5.41, 5.74) is 1.59. The lowest BCUT2D eigenvalue weighted by atomic mass is 10.2. The zero-order valence-corrected chi connectivity index (χ0v) is 13.9. The minimum absolute atomic E-state index is 0.0776. The van der Waals surface area contributed by atoms with Crippen molar-refractivity contribution in [1.29, 1.82) is 0 Å². The molecule has 2 amide bonds. The highest BCUT2D eigenvalue weighted by Crippen LogP contribution is 2.17. The Morgan fingerprint density at radius 3 is 2.24 bits per heavy atom. The predicted molar refractivity (Wildman–Crippen MR) is 95.0 cm³/mol. The third-order valence-electron chi connectivity index (χ3n) is 3.46. The number of aliphatic hydroxyl groups is 1. The van der Waals surface area contributed by atoms with Crippen LogP contribution >= 0.6 is 0 Å². The van der Waals surface area contributed by atoms with Crippen molar-refractivity contribution in [3.05, 3.63) is 66.2 Å². The van der Waals surface area contributed by atoms with Crippen LogP contribution in [0.2, 0.25) is 0 Å². The van der Waals surface area contributed by atoms with Crippen molar-refractivity contribution in [2.45, 2.75) is 6.54 Å². The zero-order chi connectivity index (χ0) is 17.9. The van der Waals surface area contributed by atoms with E-state index in [0.717, 1.165) is 5.56 Å². The molecule has 0 heterocycles. The van der Waals surface area contributed by atoms with Gasteiger partial charge in [0.2, 0.25) is 0 Å². The first kappa shape index (κ1) is 18.6. The SMILES string of the molecule is O=C(NCCOCCO)C(=O)N(Cc1ccccc1)c1ccccc1. The highest BCUT2D eigenvalue weighted by atomic mass is 16.5. The van der Waals surface area contributed by atoms with E-state index in [1.807, 2.05) is 48.5 Å². The summed E-state index contributed by atoms with van der Waals surface area (Å²) < 4.78 is 5.06. The van der Waals surface area contributed by atoms with E-state index in [-0.39, 0.29) is 26.4 Å². The maximum absolute atomic E-state index is 12.6. The topological polar surface area (TPSA) is 78.9 Å². The van der Waals surface area contributed by atoms with Gasteiger partial charge in [-0.25, -0.2) is 0 Å². The zero-order valence-electron chi connectivity index (χ0n) is 13.9. The normalized spacial score (nSPS) is 10.3. The fourth-order valence-corrected chi connectivity index (χ4v) is 2.26. The van der Waals surface area contributed by atoms with Gasteiger partial charge in [0.15, 0.2) is 0 Å². The Balaban J connectivity index is 2.04. The van der Waals surface area contributed by atoms with Crippen LogP contribution < -0.4 is 10.2 Å². The molecule has 0 aromatic heterocycles. The van der Waals surface area contributed by atoms with Crippen LogP contribution in [0.25, 0.3) is 0 Å². The van der Waals surface area contributed by atoms with E-state index in [9.17, 15) is 9.59 Å². The fraction of sp³-hybridized carbons (Fsp3) is 0.263. The molecule has 0 radical (unpaired) electrons. The lowest BCUT2D eigenvalue weighted by molar-refractivity contribution is -0.137. The molecule has 6 nitrogen and oxygen atoms in total. The van der Waals surface area contributed by atoms with Gasteiger partial charge in [-0.2, -0.15) is 0 Å². The van der Waals surface area contributed by atoms with Crippen LogP contribution in [0.15, 0.2) is 60.7 Å². The summed E-state index contributed by atoms with van der Waals surface area (Å²) in [5, 5.41) is 11.2. The monoisotopic (exact) mass is 342 g/mol. The fourth-order valence-electron chi connectivity index (χ4n) is 2.26. The van der Waals surface area contributed by atoms with E-state index >= 15 is 0 Å². The first-order chi connectivity index (χ1) is 12.2. The van der Waals surface area contributed by atoms with E-state index in [0.29, 0.717) is 12.2 Å². The van der Waals surface area contributed by atoms with E-state index in [1.165, 1.54) is 4.90 Å². The molecule has 0 bridgehead atoms. The minimum atomic E-state index is -0.688. The molecule has 0 aliphatic rings. The smallest absolute Gasteiger partial charge is 0.316 e. The van der Waals surface area contributed by atoms with Crippen LogP contribution in [0.4, 0.5) is 5.69 Å². The van der Waals surface area contributed by atoms with Crippen molar-refractivity contribution >= 4 is 17.5 Å². The van der Waals surface area contributed by atoms with Crippen LogP contribution in [-0.4, -0.2) is 43.3 Å². The molecule has 6 heteroatoms. The van der Waals surface area contributed by atoms with E-state index < -0.39 is 11.8 Å². The average Bonchev–Trinajstić information content (AvgIpc) is 2.67. The van der Waals surface area contributed by atoms with Crippen molar-refractivity contribution in [3.8, 4) is 0 Å². The number of amides is 2. The van der Waals surface area contributed by atoms with Crippen LogP contribution in [0.5, 0.6) is 0 Å². The average molecular weight is 342 g/mol. The Labute approximate surface area is 147 Å². The number of hydrogen-bond donors (Lipinski definition) is 2. The summed E-state index contributed by atoms with van der Waals surface area (Å²) in [7, 11) is 0. The maximum Gasteiger partial charge on any atom is 0.316 e. The number of rotatable bonds is 8. The Hall–Kier alpha value is -2.70. The molecule has 2 aromatic rings. The van der Waals surface area contributed by atoms with Crippen LogP contribution in [0.3, 0.4) is 0 Å². The van der Waals surface area contributed by atoms with Crippen molar-refractivity contribution < 1.29 is 19.4 Å². The largest absolute Gasteiger partial charge is 0.394 e. The number of aliphatic hydroxyl groups excluding tert-OH is 1. The van der Waals surface area contributed by atoms with Crippen LogP contribution in [0.1, 0.15) is 5.56 Å². The number of hydrogen-bond acceptors (Lipinski definition) is 4. The number of para-hydroxylation sites is 1. The van der Waals surface area contributed by atoms with Crippen LogP contribution in [-0.2, 0) is 20.9 Å². The highest BCUT2D eigenvalue weighted by Gasteiger charge is 2.23. The second-order valence-electron chi connectivity index (χ2n) is 5.30. The van der Waals surface area contributed by atoms with Crippen molar-refractivity contribution in [2.75, 3.05) is 31.3 Å². The summed E-state index contributed by atoms with van der Waals surface area (Å²) in [4.78, 5) is 26.2. The second-order valence-corrected chi connectivity index (χ2v) is 5.30. The molecule has 0 saturated carbocycles. The van der Waals surface area contributed by atoms with Gasteiger partial charge < -0.3 is 15.2 Å². The lowest BCUT2D eigenvalue weighted by Gasteiger charge is -2.22. The summed E-state index contributed by atoms with van der Waals surface area (Å²) in [6.07, 6.45) is 0. The molecular formula is C19H22N2O4. The first-order valence-corrected chi connectivity index (χ1v) is 8.09. The molecule has 0 spiro atoms. The molecular weight excluding hydrogens is 320 g/mol. The standard InChI is InChI=1S/C19H22N2O4/c22-12-14-25-13-11-20-18(23)19(24)21(17-9-5-2-6-10-17)15-16-7-3-1-4-8-16/h1-10,22H,11-15H2,(H,20,23). The number of benzene rings is 2. The molecule has 0 saturated heterocycles. The maximum atomic E-state index is 12.6. The van der Waals surface area contributed by atoms with Crippen molar-refractivity contribution in [1.82, 2.24) is 5.32 Å². The van der Waals surface area contributed by atoms with Crippen molar-refractivity contribution in [3.63, 3.8) is 0 Å². The highest BCUT2D eigenvalue weighted by molar-refractivity contribution is 6.40. The van der Waals surface area contributed by atoms with Gasteiger partial charge in [0, 0.05) is 12.2 Å². The van der Waals surface area contributed by atoms with Gasteiger partial charge in [-0.1, -0.05) is 48.5 Å². The molecule has 25 heavy (non-hydrogen) atoms. The molecule has 0 aliphatic carbocycles. The van der Waals surface area contributed by atoms with Gasteiger partial charge in [0.05, 0.1) is 26.4 Å². The predicted octanol–water partition coefficient (Wildman–Crippen LogP) is 1.34. The first-order valence-electron chi connectivity index (χ1n) is 8.09. The summed E-state index contributed by atoms with van der Waals surface area (Å²) in [6.45, 7) is 0.875. The molecule has 2 aromatic carbocycles. The second kappa shape index (κ2) is 10.2. The minimum Gasteiger partial charge on any atom is -0.394 e. The summed E-state index contributed by atoms with van der Waals surface area (Å²) in [6, 6.07) is 18.6. The number of nitrogens with one attached hydrogen (secondary N) is 1. The van der Waals surface area contributed by atoms with Gasteiger partial charge in [-0.15, -0.1) is 0 Å². The lowest BCUT2D eigenvalue weighted by Crippen LogP contribution is -2.43. The van der Waals surface area contributed by atoms with Crippen molar-refractivity contribution in [2.24, 2.45) is 0 Å². The van der Waals surface area contributed by atoms with Gasteiger partial charge in [-0.3, -0.25) is 14.5 Å². The molecule has 2 rings (SSSR count). The van der Waals surface area contributed by atoms with E-state index in [2.05, 4.69) is 5.32 Å². The van der Waals surface area contributed by atoms with Gasteiger partial charge in [0.25, 0.3) is 0 Å². The van der Waals surface area contributed by atoms with Gasteiger partial charge >= 0.3 is 11.8 Å². The number of ether oxygens (including phenoxy) is 1.